The van der Waals surface area contributed by atoms with E-state index >= 15 is 0 Å². The van der Waals surface area contributed by atoms with Crippen LogP contribution in [0.2, 0.25) is 0 Å². The number of likely N-dealkylation sites (N-methyl/N-ethyl adjacent to an activating group) is 1. The standard InChI is InChI=1S/C19H27N7O2/c1-14-3-4-16(20)17(11-14)25-22-13-15-12-18(26-6-9-27-10-7-26)24-19(23-15)28-8-5-21-2/h3-4,11-12,21H,5-10,13,20H2,1-2H3. The Hall–Kier alpha value is -2.78. The number of azo groups is 1. The van der Waals surface area contributed by atoms with Gasteiger partial charge in [0.05, 0.1) is 24.6 Å². The molecule has 3 rings (SSSR count). The lowest BCUT2D eigenvalue weighted by molar-refractivity contribution is 0.122. The largest absolute Gasteiger partial charge is 0.462 e. The van der Waals surface area contributed by atoms with Gasteiger partial charge in [-0.2, -0.15) is 20.2 Å². The van der Waals surface area contributed by atoms with E-state index in [0.717, 1.165) is 30.2 Å². The minimum Gasteiger partial charge on any atom is -0.462 e. The average Bonchev–Trinajstić information content (AvgIpc) is 2.71. The average molecular weight is 385 g/mol. The second kappa shape index (κ2) is 9.95. The minimum atomic E-state index is 0.315. The molecule has 150 valence electrons. The zero-order valence-electron chi connectivity index (χ0n) is 16.4. The maximum absolute atomic E-state index is 5.96. The fraction of sp³-hybridized carbons (Fsp3) is 0.474. The molecule has 0 spiro atoms. The van der Waals surface area contributed by atoms with Gasteiger partial charge in [-0.15, -0.1) is 0 Å². The Labute approximate surface area is 165 Å². The number of anilines is 2. The second-order valence-electron chi connectivity index (χ2n) is 6.51. The van der Waals surface area contributed by atoms with Gasteiger partial charge in [-0.05, 0) is 31.7 Å². The van der Waals surface area contributed by atoms with E-state index < -0.39 is 0 Å². The summed E-state index contributed by atoms with van der Waals surface area (Å²) in [6.07, 6.45) is 0. The first kappa shape index (κ1) is 20.0. The topological polar surface area (TPSA) is 110 Å². The summed E-state index contributed by atoms with van der Waals surface area (Å²) in [6.45, 7) is 6.45. The van der Waals surface area contributed by atoms with E-state index in [1.165, 1.54) is 0 Å². The number of rotatable bonds is 8. The molecule has 1 aromatic carbocycles. The SMILES string of the molecule is CNCCOc1nc(CN=Nc2cc(C)ccc2N)cc(N2CCOCC2)n1. The van der Waals surface area contributed by atoms with Gasteiger partial charge in [0.25, 0.3) is 0 Å². The summed E-state index contributed by atoms with van der Waals surface area (Å²) in [6, 6.07) is 7.96. The number of hydrogen-bond donors (Lipinski definition) is 2. The third-order valence-corrected chi connectivity index (χ3v) is 4.26. The van der Waals surface area contributed by atoms with E-state index in [1.807, 2.05) is 38.2 Å². The maximum atomic E-state index is 5.96. The van der Waals surface area contributed by atoms with Crippen LogP contribution in [0, 0.1) is 6.92 Å². The maximum Gasteiger partial charge on any atom is 0.318 e. The van der Waals surface area contributed by atoms with E-state index in [9.17, 15) is 0 Å². The highest BCUT2D eigenvalue weighted by Gasteiger charge is 2.15. The lowest BCUT2D eigenvalue weighted by atomic mass is 10.2. The summed E-state index contributed by atoms with van der Waals surface area (Å²) in [5.41, 5.74) is 9.04. The van der Waals surface area contributed by atoms with Crippen molar-refractivity contribution >= 4 is 17.2 Å². The molecule has 2 heterocycles. The van der Waals surface area contributed by atoms with E-state index in [1.54, 1.807) is 0 Å². The van der Waals surface area contributed by atoms with Crippen molar-refractivity contribution in [2.75, 3.05) is 57.1 Å². The Morgan fingerprint density at radius 3 is 2.86 bits per heavy atom. The first-order valence-corrected chi connectivity index (χ1v) is 9.37. The molecule has 0 saturated carbocycles. The molecule has 2 aromatic rings. The highest BCUT2D eigenvalue weighted by atomic mass is 16.5. The van der Waals surface area contributed by atoms with Gasteiger partial charge in [-0.1, -0.05) is 6.07 Å². The zero-order valence-corrected chi connectivity index (χ0v) is 16.4. The van der Waals surface area contributed by atoms with Crippen LogP contribution in [0.4, 0.5) is 17.2 Å². The van der Waals surface area contributed by atoms with Crippen LogP contribution in [0.5, 0.6) is 6.01 Å². The fourth-order valence-corrected chi connectivity index (χ4v) is 2.73. The number of aromatic nitrogens is 2. The number of aryl methyl sites for hydroxylation is 1. The molecule has 9 heteroatoms. The lowest BCUT2D eigenvalue weighted by Crippen LogP contribution is -2.37. The molecule has 1 fully saturated rings. The molecular formula is C19H27N7O2. The number of benzene rings is 1. The van der Waals surface area contributed by atoms with E-state index in [0.29, 0.717) is 50.3 Å². The minimum absolute atomic E-state index is 0.315. The number of nitrogens with zero attached hydrogens (tertiary/aromatic N) is 5. The summed E-state index contributed by atoms with van der Waals surface area (Å²) < 4.78 is 11.1. The summed E-state index contributed by atoms with van der Waals surface area (Å²) in [5.74, 6) is 0.818. The molecule has 28 heavy (non-hydrogen) atoms. The van der Waals surface area contributed by atoms with Crippen molar-refractivity contribution in [2.24, 2.45) is 10.2 Å². The number of nitrogens with one attached hydrogen (secondary N) is 1. The molecule has 1 aliphatic rings. The van der Waals surface area contributed by atoms with Crippen LogP contribution >= 0.6 is 0 Å². The molecule has 1 aromatic heterocycles. The van der Waals surface area contributed by atoms with Gasteiger partial charge in [0.1, 0.15) is 24.7 Å². The quantitative estimate of drug-likeness (QED) is 0.407. The van der Waals surface area contributed by atoms with Crippen LogP contribution in [0.15, 0.2) is 34.5 Å². The van der Waals surface area contributed by atoms with Crippen molar-refractivity contribution < 1.29 is 9.47 Å². The van der Waals surface area contributed by atoms with E-state index in [2.05, 4.69) is 30.4 Å². The van der Waals surface area contributed by atoms with Crippen molar-refractivity contribution in [2.45, 2.75) is 13.5 Å². The Bertz CT molecular complexity index is 807. The van der Waals surface area contributed by atoms with Crippen molar-refractivity contribution in [1.29, 1.82) is 0 Å². The first-order valence-electron chi connectivity index (χ1n) is 9.37. The van der Waals surface area contributed by atoms with Crippen molar-refractivity contribution in [1.82, 2.24) is 15.3 Å². The Kier molecular flexibility index (Phi) is 7.10. The van der Waals surface area contributed by atoms with Gasteiger partial charge < -0.3 is 25.4 Å². The van der Waals surface area contributed by atoms with Gasteiger partial charge in [-0.25, -0.2) is 0 Å². The number of morpholine rings is 1. The van der Waals surface area contributed by atoms with Crippen LogP contribution in [0.1, 0.15) is 11.3 Å². The molecule has 3 N–H and O–H groups in total. The highest BCUT2D eigenvalue weighted by Crippen LogP contribution is 2.24. The highest BCUT2D eigenvalue weighted by molar-refractivity contribution is 5.62. The molecule has 1 aliphatic heterocycles. The molecule has 0 bridgehead atoms. The van der Waals surface area contributed by atoms with Crippen LogP contribution < -0.4 is 20.7 Å². The Morgan fingerprint density at radius 1 is 1.25 bits per heavy atom. The first-order chi connectivity index (χ1) is 13.7. The lowest BCUT2D eigenvalue weighted by Gasteiger charge is -2.28. The van der Waals surface area contributed by atoms with Crippen molar-refractivity contribution in [3.05, 3.63) is 35.5 Å². The van der Waals surface area contributed by atoms with Crippen LogP contribution in [-0.4, -0.2) is 56.5 Å². The summed E-state index contributed by atoms with van der Waals surface area (Å²) in [5, 5.41) is 11.6. The van der Waals surface area contributed by atoms with Gasteiger partial charge in [-0.3, -0.25) is 0 Å². The number of nitrogens with two attached hydrogens (primary N) is 1. The van der Waals surface area contributed by atoms with Gasteiger partial charge in [0, 0.05) is 25.7 Å². The smallest absolute Gasteiger partial charge is 0.318 e. The van der Waals surface area contributed by atoms with E-state index in [-0.39, 0.29) is 0 Å². The van der Waals surface area contributed by atoms with Gasteiger partial charge in [0.2, 0.25) is 0 Å². The third-order valence-electron chi connectivity index (χ3n) is 4.26. The monoisotopic (exact) mass is 385 g/mol. The summed E-state index contributed by atoms with van der Waals surface area (Å²) in [7, 11) is 1.87. The van der Waals surface area contributed by atoms with Gasteiger partial charge >= 0.3 is 6.01 Å². The fourth-order valence-electron chi connectivity index (χ4n) is 2.73. The van der Waals surface area contributed by atoms with Crippen LogP contribution in [0.3, 0.4) is 0 Å². The van der Waals surface area contributed by atoms with E-state index in [4.69, 9.17) is 15.2 Å². The second-order valence-corrected chi connectivity index (χ2v) is 6.51. The molecule has 9 nitrogen and oxygen atoms in total. The number of nitrogen functional groups attached to an aromatic ring is 1. The normalized spacial score (nSPS) is 14.6. The molecule has 0 aliphatic carbocycles. The van der Waals surface area contributed by atoms with Gasteiger partial charge in [0.15, 0.2) is 0 Å². The molecular weight excluding hydrogens is 358 g/mol. The summed E-state index contributed by atoms with van der Waals surface area (Å²) >= 11 is 0. The molecule has 0 radical (unpaired) electrons. The predicted molar refractivity (Wildman–Crippen MR) is 108 cm³/mol. The van der Waals surface area contributed by atoms with Crippen LogP contribution in [-0.2, 0) is 11.3 Å². The molecule has 1 saturated heterocycles. The summed E-state index contributed by atoms with van der Waals surface area (Å²) in [4.78, 5) is 11.2. The van der Waals surface area contributed by atoms with Crippen LogP contribution in [0.25, 0.3) is 0 Å². The molecule has 0 amide bonds. The molecule has 0 unspecified atom stereocenters. The van der Waals surface area contributed by atoms with Crippen molar-refractivity contribution in [3.63, 3.8) is 0 Å². The zero-order chi connectivity index (χ0) is 19.8. The molecule has 0 atom stereocenters. The third kappa shape index (κ3) is 5.61. The number of hydrogen-bond acceptors (Lipinski definition) is 9. The van der Waals surface area contributed by atoms with Crippen molar-refractivity contribution in [3.8, 4) is 6.01 Å². The Morgan fingerprint density at radius 2 is 2.07 bits per heavy atom. The number of ether oxygens (including phenoxy) is 2. The predicted octanol–water partition coefficient (Wildman–Crippen LogP) is 2.09. The Balaban J connectivity index is 1.76.